The number of aryl methyl sites for hydroxylation is 1. The van der Waals surface area contributed by atoms with Gasteiger partial charge in [0.15, 0.2) is 6.61 Å². The normalized spacial score (nSPS) is 10.0. The highest BCUT2D eigenvalue weighted by molar-refractivity contribution is 5.97. The summed E-state index contributed by atoms with van der Waals surface area (Å²) in [6, 6.07) is 10.0. The first-order valence-electron chi connectivity index (χ1n) is 7.32. The fraction of sp³-hybridized carbons (Fsp3) is 0.167. The molecule has 0 heterocycles. The first kappa shape index (κ1) is 18.1. The second kappa shape index (κ2) is 8.05. The van der Waals surface area contributed by atoms with E-state index in [1.807, 2.05) is 0 Å². The molecule has 2 aromatic carbocycles. The minimum Gasteiger partial charge on any atom is -0.465 e. The van der Waals surface area contributed by atoms with Crippen molar-refractivity contribution in [3.8, 4) is 0 Å². The van der Waals surface area contributed by atoms with Crippen LogP contribution in [0.3, 0.4) is 0 Å². The molecule has 0 aromatic heterocycles. The van der Waals surface area contributed by atoms with Gasteiger partial charge in [-0.3, -0.25) is 4.79 Å². The minimum absolute atomic E-state index is 0.000613. The summed E-state index contributed by atoms with van der Waals surface area (Å²) >= 11 is 0. The summed E-state index contributed by atoms with van der Waals surface area (Å²) in [4.78, 5) is 35.2. The smallest absolute Gasteiger partial charge is 0.338 e. The van der Waals surface area contributed by atoms with Crippen LogP contribution in [-0.2, 0) is 14.3 Å². The molecule has 0 saturated carbocycles. The van der Waals surface area contributed by atoms with E-state index < -0.39 is 30.3 Å². The van der Waals surface area contributed by atoms with Gasteiger partial charge in [0.25, 0.3) is 5.91 Å². The van der Waals surface area contributed by atoms with Crippen LogP contribution in [0.25, 0.3) is 0 Å². The molecule has 0 bridgehead atoms. The largest absolute Gasteiger partial charge is 0.465 e. The average Bonchev–Trinajstić information content (AvgIpc) is 2.61. The Kier molecular flexibility index (Phi) is 5.84. The van der Waals surface area contributed by atoms with Gasteiger partial charge in [0.05, 0.1) is 23.9 Å². The molecule has 0 aliphatic rings. The van der Waals surface area contributed by atoms with Gasteiger partial charge < -0.3 is 14.8 Å². The number of rotatable bonds is 5. The van der Waals surface area contributed by atoms with Crippen molar-refractivity contribution < 1.29 is 28.2 Å². The van der Waals surface area contributed by atoms with Crippen LogP contribution in [-0.4, -0.2) is 31.6 Å². The van der Waals surface area contributed by atoms with E-state index in [2.05, 4.69) is 10.1 Å². The second-order valence-electron chi connectivity index (χ2n) is 5.18. The van der Waals surface area contributed by atoms with E-state index in [-0.39, 0.29) is 16.8 Å². The van der Waals surface area contributed by atoms with Crippen molar-refractivity contribution in [2.45, 2.75) is 6.92 Å². The molecule has 1 amide bonds. The Morgan fingerprint density at radius 2 is 1.72 bits per heavy atom. The van der Waals surface area contributed by atoms with Crippen LogP contribution >= 0.6 is 0 Å². The van der Waals surface area contributed by atoms with Crippen LogP contribution in [0.1, 0.15) is 26.3 Å². The molecule has 0 spiro atoms. The van der Waals surface area contributed by atoms with Gasteiger partial charge >= 0.3 is 11.9 Å². The van der Waals surface area contributed by atoms with E-state index in [1.54, 1.807) is 13.0 Å². The highest BCUT2D eigenvalue weighted by Crippen LogP contribution is 2.15. The molecule has 7 heteroatoms. The molecule has 0 atom stereocenters. The zero-order chi connectivity index (χ0) is 18.4. The molecule has 0 unspecified atom stereocenters. The number of amides is 1. The number of hydrogen-bond acceptors (Lipinski definition) is 5. The number of benzene rings is 2. The summed E-state index contributed by atoms with van der Waals surface area (Å²) < 4.78 is 23.1. The van der Waals surface area contributed by atoms with E-state index >= 15 is 0 Å². The van der Waals surface area contributed by atoms with Crippen molar-refractivity contribution in [3.05, 3.63) is 65.0 Å². The third kappa shape index (κ3) is 4.87. The highest BCUT2D eigenvalue weighted by atomic mass is 19.1. The zero-order valence-corrected chi connectivity index (χ0v) is 13.7. The summed E-state index contributed by atoms with van der Waals surface area (Å²) in [7, 11) is 1.22. The third-order valence-electron chi connectivity index (χ3n) is 3.25. The monoisotopic (exact) mass is 345 g/mol. The van der Waals surface area contributed by atoms with Crippen molar-refractivity contribution in [1.82, 2.24) is 0 Å². The van der Waals surface area contributed by atoms with Gasteiger partial charge in [-0.2, -0.15) is 0 Å². The minimum atomic E-state index is -0.787. The molecule has 130 valence electrons. The lowest BCUT2D eigenvalue weighted by molar-refractivity contribution is -0.119. The molecule has 0 radical (unpaired) electrons. The maximum atomic E-state index is 13.7. The van der Waals surface area contributed by atoms with E-state index in [1.165, 1.54) is 43.5 Å². The topological polar surface area (TPSA) is 81.7 Å². The van der Waals surface area contributed by atoms with Crippen LogP contribution in [0.15, 0.2) is 42.5 Å². The molecular weight excluding hydrogens is 329 g/mol. The summed E-state index contributed by atoms with van der Waals surface area (Å²) in [6.45, 7) is 1.13. The predicted molar refractivity (Wildman–Crippen MR) is 87.8 cm³/mol. The molecule has 25 heavy (non-hydrogen) atoms. The standard InChI is InChI=1S/C18H16FNO5/c1-11-6-7-15(14(19)8-11)20-16(21)10-25-18(23)13-5-3-4-12(9-13)17(22)24-2/h3-9H,10H2,1-2H3,(H,20,21). The number of esters is 2. The molecule has 0 aliphatic heterocycles. The maximum absolute atomic E-state index is 13.7. The molecule has 0 fully saturated rings. The Hall–Kier alpha value is -3.22. The third-order valence-corrected chi connectivity index (χ3v) is 3.25. The van der Waals surface area contributed by atoms with Gasteiger partial charge in [-0.05, 0) is 42.8 Å². The van der Waals surface area contributed by atoms with Crippen molar-refractivity contribution in [1.29, 1.82) is 0 Å². The van der Waals surface area contributed by atoms with Gasteiger partial charge in [0, 0.05) is 0 Å². The highest BCUT2D eigenvalue weighted by Gasteiger charge is 2.14. The molecule has 2 aromatic rings. The van der Waals surface area contributed by atoms with Gasteiger partial charge in [0.2, 0.25) is 0 Å². The van der Waals surface area contributed by atoms with Gasteiger partial charge in [-0.1, -0.05) is 12.1 Å². The number of halogens is 1. The Morgan fingerprint density at radius 1 is 1.04 bits per heavy atom. The molecule has 0 aliphatic carbocycles. The number of carbonyl (C=O) groups excluding carboxylic acids is 3. The number of ether oxygens (including phenoxy) is 2. The molecule has 2 rings (SSSR count). The Bertz CT molecular complexity index is 819. The van der Waals surface area contributed by atoms with Gasteiger partial charge in [-0.25, -0.2) is 14.0 Å². The van der Waals surface area contributed by atoms with Gasteiger partial charge in [0.1, 0.15) is 5.82 Å². The number of nitrogens with one attached hydrogen (secondary N) is 1. The van der Waals surface area contributed by atoms with Crippen molar-refractivity contribution in [2.24, 2.45) is 0 Å². The van der Waals surface area contributed by atoms with E-state index in [0.29, 0.717) is 5.56 Å². The fourth-order valence-corrected chi connectivity index (χ4v) is 2.01. The van der Waals surface area contributed by atoms with Gasteiger partial charge in [-0.15, -0.1) is 0 Å². The van der Waals surface area contributed by atoms with Crippen LogP contribution in [0.5, 0.6) is 0 Å². The maximum Gasteiger partial charge on any atom is 0.338 e. The van der Waals surface area contributed by atoms with Crippen molar-refractivity contribution >= 4 is 23.5 Å². The predicted octanol–water partition coefficient (Wildman–Crippen LogP) is 2.72. The number of hydrogen-bond donors (Lipinski definition) is 1. The van der Waals surface area contributed by atoms with E-state index in [0.717, 1.165) is 0 Å². The summed E-state index contributed by atoms with van der Waals surface area (Å²) in [5.41, 5.74) is 0.993. The van der Waals surface area contributed by atoms with Crippen LogP contribution < -0.4 is 5.32 Å². The molecular formula is C18H16FNO5. The Balaban J connectivity index is 1.95. The number of anilines is 1. The van der Waals surface area contributed by atoms with Crippen LogP contribution in [0.4, 0.5) is 10.1 Å². The van der Waals surface area contributed by atoms with E-state index in [4.69, 9.17) is 4.74 Å². The molecule has 1 N–H and O–H groups in total. The number of methoxy groups -OCH3 is 1. The Labute approximate surface area is 143 Å². The first-order valence-corrected chi connectivity index (χ1v) is 7.32. The molecule has 0 saturated heterocycles. The van der Waals surface area contributed by atoms with Crippen LogP contribution in [0, 0.1) is 12.7 Å². The average molecular weight is 345 g/mol. The Morgan fingerprint density at radius 3 is 2.36 bits per heavy atom. The molecule has 6 nitrogen and oxygen atoms in total. The lowest BCUT2D eigenvalue weighted by atomic mass is 10.1. The SMILES string of the molecule is COC(=O)c1cccc(C(=O)OCC(=O)Nc2ccc(C)cc2F)c1. The lowest BCUT2D eigenvalue weighted by Gasteiger charge is -2.08. The zero-order valence-electron chi connectivity index (χ0n) is 13.7. The van der Waals surface area contributed by atoms with Crippen molar-refractivity contribution in [3.63, 3.8) is 0 Å². The van der Waals surface area contributed by atoms with Crippen molar-refractivity contribution in [2.75, 3.05) is 19.0 Å². The first-order chi connectivity index (χ1) is 11.9. The fourth-order valence-electron chi connectivity index (χ4n) is 2.01. The summed E-state index contributed by atoms with van der Waals surface area (Å²) in [5, 5.41) is 2.32. The quantitative estimate of drug-likeness (QED) is 0.843. The van der Waals surface area contributed by atoms with Crippen LogP contribution in [0.2, 0.25) is 0 Å². The summed E-state index contributed by atoms with van der Waals surface area (Å²) in [6.07, 6.45) is 0. The second-order valence-corrected chi connectivity index (χ2v) is 5.18. The summed E-state index contributed by atoms with van der Waals surface area (Å²) in [5.74, 6) is -2.64. The lowest BCUT2D eigenvalue weighted by Crippen LogP contribution is -2.21. The van der Waals surface area contributed by atoms with E-state index in [9.17, 15) is 18.8 Å². The number of carbonyl (C=O) groups is 3.